The highest BCUT2D eigenvalue weighted by Crippen LogP contribution is 2.23. The van der Waals surface area contributed by atoms with Crippen molar-refractivity contribution in [1.29, 1.82) is 0 Å². The summed E-state index contributed by atoms with van der Waals surface area (Å²) >= 11 is 0. The minimum absolute atomic E-state index is 0.0934. The van der Waals surface area contributed by atoms with Crippen LogP contribution < -0.4 is 4.74 Å². The first-order valence-corrected chi connectivity index (χ1v) is 5.85. The molecular formula is C14H20O2. The summed E-state index contributed by atoms with van der Waals surface area (Å²) in [5.41, 5.74) is 1.81. The smallest absolute Gasteiger partial charge is 0.166 e. The molecule has 0 atom stereocenters. The second kappa shape index (κ2) is 5.69. The van der Waals surface area contributed by atoms with E-state index in [1.165, 1.54) is 0 Å². The summed E-state index contributed by atoms with van der Waals surface area (Å²) < 4.78 is 5.65. The van der Waals surface area contributed by atoms with E-state index < -0.39 is 0 Å². The second-order valence-electron chi connectivity index (χ2n) is 4.34. The lowest BCUT2D eigenvalue weighted by atomic mass is 10.0. The van der Waals surface area contributed by atoms with Crippen LogP contribution in [0.25, 0.3) is 0 Å². The predicted molar refractivity (Wildman–Crippen MR) is 66.2 cm³/mol. The van der Waals surface area contributed by atoms with E-state index in [1.54, 1.807) is 0 Å². The number of ketones is 1. The van der Waals surface area contributed by atoms with Gasteiger partial charge in [-0.15, -0.1) is 0 Å². The fourth-order valence-corrected chi connectivity index (χ4v) is 1.58. The first-order chi connectivity index (χ1) is 7.54. The predicted octanol–water partition coefficient (Wildman–Crippen LogP) is 3.77. The fourth-order valence-electron chi connectivity index (χ4n) is 1.58. The molecule has 0 fully saturated rings. The van der Waals surface area contributed by atoms with Crippen molar-refractivity contribution in [2.75, 3.05) is 0 Å². The molecule has 88 valence electrons. The van der Waals surface area contributed by atoms with Crippen LogP contribution in [0.2, 0.25) is 0 Å². The summed E-state index contributed by atoms with van der Waals surface area (Å²) in [5.74, 6) is 0.876. The molecule has 0 unspecified atom stereocenters. The molecule has 1 aromatic rings. The summed E-state index contributed by atoms with van der Waals surface area (Å²) in [6, 6.07) is 5.77. The van der Waals surface area contributed by atoms with E-state index in [4.69, 9.17) is 4.74 Å². The third-order valence-corrected chi connectivity index (χ3v) is 2.28. The molecule has 0 saturated carbocycles. The maximum atomic E-state index is 11.9. The van der Waals surface area contributed by atoms with E-state index in [0.717, 1.165) is 17.5 Å². The van der Waals surface area contributed by atoms with Crippen LogP contribution in [0.3, 0.4) is 0 Å². The number of benzene rings is 1. The van der Waals surface area contributed by atoms with Crippen molar-refractivity contribution < 1.29 is 9.53 Å². The molecule has 0 aliphatic heterocycles. The molecule has 2 nitrogen and oxygen atoms in total. The Morgan fingerprint density at radius 2 is 2.06 bits per heavy atom. The number of rotatable bonds is 5. The molecule has 0 N–H and O–H groups in total. The first-order valence-electron chi connectivity index (χ1n) is 5.85. The van der Waals surface area contributed by atoms with Crippen molar-refractivity contribution in [2.45, 2.75) is 46.6 Å². The highest BCUT2D eigenvalue weighted by atomic mass is 16.5. The third-order valence-electron chi connectivity index (χ3n) is 2.28. The summed E-state index contributed by atoms with van der Waals surface area (Å²) in [5, 5.41) is 0. The Kier molecular flexibility index (Phi) is 4.53. The summed E-state index contributed by atoms with van der Waals surface area (Å²) in [7, 11) is 0. The number of hydrogen-bond acceptors (Lipinski definition) is 2. The number of ether oxygens (including phenoxy) is 1. The molecule has 0 saturated heterocycles. The molecule has 0 aromatic heterocycles. The maximum absolute atomic E-state index is 11.9. The molecule has 0 spiro atoms. The monoisotopic (exact) mass is 220 g/mol. The van der Waals surface area contributed by atoms with E-state index in [0.29, 0.717) is 12.2 Å². The zero-order valence-corrected chi connectivity index (χ0v) is 10.5. The molecule has 1 rings (SSSR count). The normalized spacial score (nSPS) is 10.6. The van der Waals surface area contributed by atoms with Crippen LogP contribution in [0.5, 0.6) is 5.75 Å². The highest BCUT2D eigenvalue weighted by molar-refractivity contribution is 5.98. The van der Waals surface area contributed by atoms with Crippen LogP contribution in [0.15, 0.2) is 18.2 Å². The van der Waals surface area contributed by atoms with E-state index >= 15 is 0 Å². The SMILES string of the molecule is CCCC(=O)c1cc(C)ccc1OC(C)C. The average molecular weight is 220 g/mol. The highest BCUT2D eigenvalue weighted by Gasteiger charge is 2.12. The van der Waals surface area contributed by atoms with E-state index in [-0.39, 0.29) is 11.9 Å². The van der Waals surface area contributed by atoms with Gasteiger partial charge in [-0.2, -0.15) is 0 Å². The lowest BCUT2D eigenvalue weighted by Crippen LogP contribution is -2.10. The van der Waals surface area contributed by atoms with Crippen molar-refractivity contribution in [3.63, 3.8) is 0 Å². The van der Waals surface area contributed by atoms with Gasteiger partial charge in [0.25, 0.3) is 0 Å². The number of carbonyl (C=O) groups is 1. The van der Waals surface area contributed by atoms with Crippen molar-refractivity contribution in [1.82, 2.24) is 0 Å². The Balaban J connectivity index is 3.02. The Hall–Kier alpha value is -1.31. The Morgan fingerprint density at radius 3 is 2.62 bits per heavy atom. The molecule has 1 aromatic carbocycles. The number of carbonyl (C=O) groups excluding carboxylic acids is 1. The minimum Gasteiger partial charge on any atom is -0.490 e. The second-order valence-corrected chi connectivity index (χ2v) is 4.34. The van der Waals surface area contributed by atoms with Crippen LogP contribution in [0.4, 0.5) is 0 Å². The van der Waals surface area contributed by atoms with Gasteiger partial charge < -0.3 is 4.74 Å². The van der Waals surface area contributed by atoms with Gasteiger partial charge in [0.05, 0.1) is 11.7 Å². The van der Waals surface area contributed by atoms with Crippen molar-refractivity contribution in [2.24, 2.45) is 0 Å². The van der Waals surface area contributed by atoms with Crippen LogP contribution in [-0.2, 0) is 0 Å². The molecule has 0 aliphatic carbocycles. The van der Waals surface area contributed by atoms with Gasteiger partial charge in [0.15, 0.2) is 5.78 Å². The zero-order chi connectivity index (χ0) is 12.1. The minimum atomic E-state index is 0.0934. The molecule has 0 heterocycles. The van der Waals surface area contributed by atoms with Crippen molar-refractivity contribution in [3.8, 4) is 5.75 Å². The standard InChI is InChI=1S/C14H20O2/c1-5-6-13(15)12-9-11(4)7-8-14(12)16-10(2)3/h7-10H,5-6H2,1-4H3. The number of Topliss-reactive ketones (excluding diaryl/α,β-unsaturated/α-hetero) is 1. The first kappa shape index (κ1) is 12.8. The topological polar surface area (TPSA) is 26.3 Å². The molecule has 16 heavy (non-hydrogen) atoms. The summed E-state index contributed by atoms with van der Waals surface area (Å²) in [4.78, 5) is 11.9. The average Bonchev–Trinajstić information content (AvgIpc) is 2.20. The quantitative estimate of drug-likeness (QED) is 0.706. The zero-order valence-electron chi connectivity index (χ0n) is 10.5. The Morgan fingerprint density at radius 1 is 1.38 bits per heavy atom. The molecular weight excluding hydrogens is 200 g/mol. The van der Waals surface area contributed by atoms with E-state index in [1.807, 2.05) is 45.9 Å². The maximum Gasteiger partial charge on any atom is 0.166 e. The van der Waals surface area contributed by atoms with Crippen molar-refractivity contribution >= 4 is 5.78 Å². The molecule has 0 amide bonds. The van der Waals surface area contributed by atoms with Gasteiger partial charge in [-0.05, 0) is 39.3 Å². The fraction of sp³-hybridized carbons (Fsp3) is 0.500. The molecule has 0 bridgehead atoms. The van der Waals surface area contributed by atoms with Crippen LogP contribution in [0.1, 0.15) is 49.5 Å². The van der Waals surface area contributed by atoms with Crippen LogP contribution in [0, 0.1) is 6.92 Å². The summed E-state index contributed by atoms with van der Waals surface area (Å²) in [6.07, 6.45) is 1.54. The van der Waals surface area contributed by atoms with E-state index in [9.17, 15) is 4.79 Å². The van der Waals surface area contributed by atoms with Crippen LogP contribution in [-0.4, -0.2) is 11.9 Å². The van der Waals surface area contributed by atoms with E-state index in [2.05, 4.69) is 0 Å². The summed E-state index contributed by atoms with van der Waals surface area (Å²) in [6.45, 7) is 7.93. The number of hydrogen-bond donors (Lipinski definition) is 0. The van der Waals surface area contributed by atoms with Gasteiger partial charge >= 0.3 is 0 Å². The van der Waals surface area contributed by atoms with Gasteiger partial charge in [-0.3, -0.25) is 4.79 Å². The van der Waals surface area contributed by atoms with Crippen molar-refractivity contribution in [3.05, 3.63) is 29.3 Å². The van der Waals surface area contributed by atoms with Gasteiger partial charge in [-0.1, -0.05) is 18.6 Å². The van der Waals surface area contributed by atoms with Gasteiger partial charge in [0.1, 0.15) is 5.75 Å². The largest absolute Gasteiger partial charge is 0.490 e. The molecule has 0 aliphatic rings. The van der Waals surface area contributed by atoms with Gasteiger partial charge in [0, 0.05) is 6.42 Å². The lowest BCUT2D eigenvalue weighted by molar-refractivity contribution is 0.0976. The van der Waals surface area contributed by atoms with Gasteiger partial charge in [-0.25, -0.2) is 0 Å². The molecule has 0 radical (unpaired) electrons. The van der Waals surface area contributed by atoms with Gasteiger partial charge in [0.2, 0.25) is 0 Å². The molecule has 2 heteroatoms. The third kappa shape index (κ3) is 3.37. The Bertz CT molecular complexity index is 367. The Labute approximate surface area is 97.6 Å². The lowest BCUT2D eigenvalue weighted by Gasteiger charge is -2.14. The van der Waals surface area contributed by atoms with Crippen LogP contribution >= 0.6 is 0 Å². The number of aryl methyl sites for hydroxylation is 1.